The highest BCUT2D eigenvalue weighted by atomic mass is 35.5. The van der Waals surface area contributed by atoms with Gasteiger partial charge in [-0.1, -0.05) is 62.2 Å². The molecule has 4 heteroatoms. The lowest BCUT2D eigenvalue weighted by Gasteiger charge is -2.20. The van der Waals surface area contributed by atoms with Crippen molar-refractivity contribution in [2.75, 3.05) is 6.54 Å². The highest BCUT2D eigenvalue weighted by Crippen LogP contribution is 2.31. The van der Waals surface area contributed by atoms with E-state index in [0.29, 0.717) is 5.25 Å². The Kier molecular flexibility index (Phi) is 5.79. The molecule has 0 bridgehead atoms. The Morgan fingerprint density at radius 1 is 1.30 bits per heavy atom. The van der Waals surface area contributed by atoms with Crippen LogP contribution in [0.1, 0.15) is 45.2 Å². The number of halogens is 1. The van der Waals surface area contributed by atoms with Gasteiger partial charge >= 0.3 is 0 Å². The lowest BCUT2D eigenvalue weighted by molar-refractivity contribution is 0.479. The van der Waals surface area contributed by atoms with E-state index in [4.69, 9.17) is 11.6 Å². The molecule has 1 N–H and O–H groups in total. The van der Waals surface area contributed by atoms with E-state index in [1.54, 1.807) is 0 Å². The van der Waals surface area contributed by atoms with Gasteiger partial charge < -0.3 is 5.32 Å². The molecule has 0 radical (unpaired) electrons. The summed E-state index contributed by atoms with van der Waals surface area (Å²) in [5.74, 6) is 0.772. The highest BCUT2D eigenvalue weighted by molar-refractivity contribution is 8.14. The van der Waals surface area contributed by atoms with Crippen molar-refractivity contribution in [3.63, 3.8) is 0 Å². The normalized spacial score (nSPS) is 20.1. The monoisotopic (exact) mass is 310 g/mol. The van der Waals surface area contributed by atoms with E-state index in [-0.39, 0.29) is 6.04 Å². The smallest absolute Gasteiger partial charge is 0.157 e. The molecule has 1 aliphatic heterocycles. The lowest BCUT2D eigenvalue weighted by atomic mass is 9.99. The van der Waals surface area contributed by atoms with Crippen LogP contribution in [0.3, 0.4) is 0 Å². The van der Waals surface area contributed by atoms with E-state index in [1.807, 2.05) is 23.9 Å². The fourth-order valence-electron chi connectivity index (χ4n) is 2.55. The van der Waals surface area contributed by atoms with E-state index in [2.05, 4.69) is 43.2 Å². The number of thioether (sulfide) groups is 1. The van der Waals surface area contributed by atoms with Crippen molar-refractivity contribution in [1.82, 2.24) is 5.32 Å². The van der Waals surface area contributed by atoms with Crippen molar-refractivity contribution in [3.8, 4) is 0 Å². The first-order valence-electron chi connectivity index (χ1n) is 7.37. The Bertz CT molecular complexity index is 454. The second-order valence-electron chi connectivity index (χ2n) is 5.30. The van der Waals surface area contributed by atoms with Gasteiger partial charge in [-0.2, -0.15) is 0 Å². The second kappa shape index (κ2) is 7.37. The number of aliphatic imine (C=N–C) groups is 1. The molecule has 0 spiro atoms. The molecule has 0 saturated carbocycles. The van der Waals surface area contributed by atoms with Gasteiger partial charge in [-0.3, -0.25) is 4.99 Å². The van der Waals surface area contributed by atoms with E-state index in [1.165, 1.54) is 18.4 Å². The van der Waals surface area contributed by atoms with Crippen molar-refractivity contribution in [1.29, 1.82) is 0 Å². The van der Waals surface area contributed by atoms with Gasteiger partial charge in [-0.05, 0) is 30.5 Å². The first kappa shape index (κ1) is 15.7. The molecule has 110 valence electrons. The molecular weight excluding hydrogens is 288 g/mol. The Labute approximate surface area is 131 Å². The van der Waals surface area contributed by atoms with Crippen LogP contribution < -0.4 is 5.32 Å². The molecule has 2 atom stereocenters. The fourth-order valence-corrected chi connectivity index (χ4v) is 4.08. The topological polar surface area (TPSA) is 24.4 Å². The zero-order chi connectivity index (χ0) is 14.5. The van der Waals surface area contributed by atoms with Crippen LogP contribution in [-0.2, 0) is 0 Å². The third-order valence-electron chi connectivity index (χ3n) is 3.96. The quantitative estimate of drug-likeness (QED) is 0.836. The van der Waals surface area contributed by atoms with E-state index in [0.717, 1.165) is 22.7 Å². The number of rotatable bonds is 5. The SMILES string of the molecule is CCC(CC)C1CN=C(NC(C)c2ccc(Cl)cc2)S1. The summed E-state index contributed by atoms with van der Waals surface area (Å²) in [7, 11) is 0. The number of amidine groups is 1. The third kappa shape index (κ3) is 3.92. The maximum Gasteiger partial charge on any atom is 0.157 e. The summed E-state index contributed by atoms with van der Waals surface area (Å²) < 4.78 is 0. The molecule has 2 rings (SSSR count). The van der Waals surface area contributed by atoms with Crippen LogP contribution in [0.25, 0.3) is 0 Å². The number of hydrogen-bond donors (Lipinski definition) is 1. The molecule has 0 aliphatic carbocycles. The van der Waals surface area contributed by atoms with Crippen LogP contribution in [0, 0.1) is 5.92 Å². The summed E-state index contributed by atoms with van der Waals surface area (Å²) >= 11 is 7.83. The molecule has 0 fully saturated rings. The number of benzene rings is 1. The minimum Gasteiger partial charge on any atom is -0.358 e. The molecule has 1 aromatic carbocycles. The van der Waals surface area contributed by atoms with Crippen molar-refractivity contribution >= 4 is 28.5 Å². The van der Waals surface area contributed by atoms with Crippen LogP contribution in [-0.4, -0.2) is 17.0 Å². The van der Waals surface area contributed by atoms with Gasteiger partial charge in [-0.15, -0.1) is 0 Å². The summed E-state index contributed by atoms with van der Waals surface area (Å²) in [4.78, 5) is 4.66. The highest BCUT2D eigenvalue weighted by Gasteiger charge is 2.26. The van der Waals surface area contributed by atoms with Crippen LogP contribution in [0.5, 0.6) is 0 Å². The fraction of sp³-hybridized carbons (Fsp3) is 0.562. The number of nitrogens with one attached hydrogen (secondary N) is 1. The molecule has 20 heavy (non-hydrogen) atoms. The molecule has 2 unspecified atom stereocenters. The van der Waals surface area contributed by atoms with Gasteiger partial charge in [0.25, 0.3) is 0 Å². The summed E-state index contributed by atoms with van der Waals surface area (Å²) in [6, 6.07) is 8.27. The summed E-state index contributed by atoms with van der Waals surface area (Å²) in [6.07, 6.45) is 2.48. The maximum absolute atomic E-state index is 5.92. The standard InChI is InChI=1S/C16H23ClN2S/c1-4-12(5-2)15-10-18-16(20-15)19-11(3)13-6-8-14(17)9-7-13/h6-9,11-12,15H,4-5,10H2,1-3H3,(H,18,19). The molecule has 2 nitrogen and oxygen atoms in total. The largest absolute Gasteiger partial charge is 0.358 e. The average Bonchev–Trinajstić information content (AvgIpc) is 2.89. The molecule has 1 aliphatic rings. The van der Waals surface area contributed by atoms with Gasteiger partial charge in [-0.25, -0.2) is 0 Å². The second-order valence-corrected chi connectivity index (χ2v) is 6.96. The predicted octanol–water partition coefficient (Wildman–Crippen LogP) is 4.90. The van der Waals surface area contributed by atoms with Gasteiger partial charge in [0.05, 0.1) is 12.6 Å². The average molecular weight is 311 g/mol. The molecule has 0 saturated heterocycles. The van der Waals surface area contributed by atoms with Gasteiger partial charge in [0.1, 0.15) is 0 Å². The summed E-state index contributed by atoms with van der Waals surface area (Å²) in [5, 5.41) is 6.03. The Hall–Kier alpha value is -0.670. The van der Waals surface area contributed by atoms with E-state index in [9.17, 15) is 0 Å². The maximum atomic E-state index is 5.92. The Balaban J connectivity index is 1.90. The van der Waals surface area contributed by atoms with Crippen molar-refractivity contribution in [3.05, 3.63) is 34.9 Å². The molecule has 1 aromatic rings. The zero-order valence-corrected chi connectivity index (χ0v) is 14.0. The van der Waals surface area contributed by atoms with Crippen LogP contribution >= 0.6 is 23.4 Å². The minimum absolute atomic E-state index is 0.263. The van der Waals surface area contributed by atoms with Crippen LogP contribution in [0.4, 0.5) is 0 Å². The first-order valence-corrected chi connectivity index (χ1v) is 8.62. The summed E-state index contributed by atoms with van der Waals surface area (Å²) in [6.45, 7) is 7.66. The first-order chi connectivity index (χ1) is 9.63. The molecule has 1 heterocycles. The minimum atomic E-state index is 0.263. The Morgan fingerprint density at radius 3 is 2.55 bits per heavy atom. The summed E-state index contributed by atoms with van der Waals surface area (Å²) in [5.41, 5.74) is 1.24. The van der Waals surface area contributed by atoms with Gasteiger partial charge in [0, 0.05) is 10.3 Å². The number of nitrogens with zero attached hydrogens (tertiary/aromatic N) is 1. The van der Waals surface area contributed by atoms with Crippen molar-refractivity contribution in [2.45, 2.75) is 44.9 Å². The molecule has 0 amide bonds. The van der Waals surface area contributed by atoms with Gasteiger partial charge in [0.2, 0.25) is 0 Å². The molecule has 0 aromatic heterocycles. The third-order valence-corrected chi connectivity index (χ3v) is 5.52. The Morgan fingerprint density at radius 2 is 1.95 bits per heavy atom. The molecular formula is C16H23ClN2S. The lowest BCUT2D eigenvalue weighted by Crippen LogP contribution is -2.24. The number of hydrogen-bond acceptors (Lipinski definition) is 3. The predicted molar refractivity (Wildman–Crippen MR) is 90.8 cm³/mol. The zero-order valence-electron chi connectivity index (χ0n) is 12.4. The van der Waals surface area contributed by atoms with Crippen molar-refractivity contribution < 1.29 is 0 Å². The van der Waals surface area contributed by atoms with Gasteiger partial charge in [0.15, 0.2) is 5.17 Å². The van der Waals surface area contributed by atoms with E-state index >= 15 is 0 Å². The van der Waals surface area contributed by atoms with E-state index < -0.39 is 0 Å². The van der Waals surface area contributed by atoms with Crippen LogP contribution in [0.15, 0.2) is 29.3 Å². The van der Waals surface area contributed by atoms with Crippen molar-refractivity contribution in [2.24, 2.45) is 10.9 Å². The van der Waals surface area contributed by atoms with Crippen LogP contribution in [0.2, 0.25) is 5.02 Å².